The third-order valence-corrected chi connectivity index (χ3v) is 9.05. The quantitative estimate of drug-likeness (QED) is 0.216. The van der Waals surface area contributed by atoms with Gasteiger partial charge in [0.05, 0.1) is 11.0 Å². The molecule has 0 N–H and O–H groups in total. The van der Waals surface area contributed by atoms with Crippen molar-refractivity contribution in [3.05, 3.63) is 150 Å². The van der Waals surface area contributed by atoms with E-state index in [1.165, 1.54) is 77.6 Å². The summed E-state index contributed by atoms with van der Waals surface area (Å²) < 4.78 is 2.44. The van der Waals surface area contributed by atoms with Gasteiger partial charge in [0.15, 0.2) is 0 Å². The Balaban J connectivity index is 1.30. The second kappa shape index (κ2) is 8.81. The molecule has 1 aliphatic carbocycles. The maximum absolute atomic E-state index is 2.44. The molecule has 1 aromatic heterocycles. The van der Waals surface area contributed by atoms with Crippen LogP contribution < -0.4 is 0 Å². The summed E-state index contributed by atoms with van der Waals surface area (Å²) in [7, 11) is 0. The maximum atomic E-state index is 2.44. The van der Waals surface area contributed by atoms with Crippen LogP contribution in [-0.4, -0.2) is 4.57 Å². The molecule has 1 heterocycles. The SMILES string of the molecule is Cc1cccc(-c2cccc(-c3ccc4c(c3)c3ccccc3n4-c3ccc4c(c3)-c3ccccc3C4(C)C)c2)c1. The third-order valence-electron chi connectivity index (χ3n) is 9.05. The van der Waals surface area contributed by atoms with Crippen molar-refractivity contribution in [3.63, 3.8) is 0 Å². The van der Waals surface area contributed by atoms with Gasteiger partial charge in [0.2, 0.25) is 0 Å². The largest absolute Gasteiger partial charge is 0.309 e. The van der Waals surface area contributed by atoms with Crippen LogP contribution in [0.1, 0.15) is 30.5 Å². The van der Waals surface area contributed by atoms with Crippen molar-refractivity contribution in [3.8, 4) is 39.1 Å². The van der Waals surface area contributed by atoms with Gasteiger partial charge in [-0.3, -0.25) is 0 Å². The molecule has 0 saturated heterocycles. The van der Waals surface area contributed by atoms with Crippen molar-refractivity contribution in [2.24, 2.45) is 0 Å². The highest BCUT2D eigenvalue weighted by molar-refractivity contribution is 6.10. The van der Waals surface area contributed by atoms with Gasteiger partial charge in [-0.25, -0.2) is 0 Å². The number of rotatable bonds is 3. The molecule has 0 fully saturated rings. The summed E-state index contributed by atoms with van der Waals surface area (Å²) >= 11 is 0. The Morgan fingerprint density at radius 1 is 0.463 bits per heavy atom. The van der Waals surface area contributed by atoms with Gasteiger partial charge in [-0.05, 0) is 87.8 Å². The van der Waals surface area contributed by atoms with E-state index in [1.807, 2.05) is 0 Å². The fourth-order valence-corrected chi connectivity index (χ4v) is 6.98. The zero-order valence-corrected chi connectivity index (χ0v) is 23.6. The lowest BCUT2D eigenvalue weighted by Crippen LogP contribution is -2.14. The van der Waals surface area contributed by atoms with Crippen molar-refractivity contribution in [1.82, 2.24) is 4.57 Å². The van der Waals surface area contributed by atoms with Crippen LogP contribution in [0.3, 0.4) is 0 Å². The lowest BCUT2D eigenvalue weighted by molar-refractivity contribution is 0.660. The van der Waals surface area contributed by atoms with Crippen LogP contribution >= 0.6 is 0 Å². The minimum absolute atomic E-state index is 0.00711. The molecule has 0 spiro atoms. The molecular formula is C40H31N. The summed E-state index contributed by atoms with van der Waals surface area (Å²) in [5.41, 5.74) is 15.4. The molecule has 8 rings (SSSR count). The molecule has 1 heteroatoms. The Kier molecular flexibility index (Phi) is 5.15. The Morgan fingerprint density at radius 3 is 1.95 bits per heavy atom. The number of aromatic nitrogens is 1. The first kappa shape index (κ1) is 24.0. The van der Waals surface area contributed by atoms with E-state index >= 15 is 0 Å². The van der Waals surface area contributed by atoms with Crippen LogP contribution in [0.2, 0.25) is 0 Å². The molecule has 0 amide bonds. The molecule has 0 unspecified atom stereocenters. The molecule has 196 valence electrons. The van der Waals surface area contributed by atoms with E-state index in [0.29, 0.717) is 0 Å². The molecule has 0 radical (unpaired) electrons. The number of hydrogen-bond donors (Lipinski definition) is 0. The minimum Gasteiger partial charge on any atom is -0.309 e. The lowest BCUT2D eigenvalue weighted by atomic mass is 9.82. The maximum Gasteiger partial charge on any atom is 0.0541 e. The predicted molar refractivity (Wildman–Crippen MR) is 174 cm³/mol. The zero-order chi connectivity index (χ0) is 27.7. The van der Waals surface area contributed by atoms with E-state index in [4.69, 9.17) is 0 Å². The molecule has 0 bridgehead atoms. The molecule has 6 aromatic carbocycles. The average Bonchev–Trinajstić information content (AvgIpc) is 3.45. The smallest absolute Gasteiger partial charge is 0.0541 e. The highest BCUT2D eigenvalue weighted by atomic mass is 15.0. The molecule has 0 saturated carbocycles. The first-order valence-electron chi connectivity index (χ1n) is 14.4. The summed E-state index contributed by atoms with van der Waals surface area (Å²) in [4.78, 5) is 0. The average molecular weight is 526 g/mol. The highest BCUT2D eigenvalue weighted by Crippen LogP contribution is 2.49. The van der Waals surface area contributed by atoms with Crippen molar-refractivity contribution >= 4 is 21.8 Å². The first-order valence-corrected chi connectivity index (χ1v) is 14.4. The molecule has 1 aliphatic rings. The molecule has 0 aliphatic heterocycles. The Hall–Kier alpha value is -4.88. The number of para-hydroxylation sites is 1. The summed E-state index contributed by atoms with van der Waals surface area (Å²) in [6.45, 7) is 6.83. The predicted octanol–water partition coefficient (Wildman–Crippen LogP) is 10.7. The van der Waals surface area contributed by atoms with E-state index < -0.39 is 0 Å². The number of aryl methyl sites for hydroxylation is 1. The van der Waals surface area contributed by atoms with E-state index in [-0.39, 0.29) is 5.41 Å². The summed E-state index contributed by atoms with van der Waals surface area (Å²) in [6, 6.07) is 49.3. The van der Waals surface area contributed by atoms with Gasteiger partial charge in [0.1, 0.15) is 0 Å². The fraction of sp³-hybridized carbons (Fsp3) is 0.100. The number of nitrogens with zero attached hydrogens (tertiary/aromatic N) is 1. The normalized spacial score (nSPS) is 13.4. The van der Waals surface area contributed by atoms with Crippen LogP contribution in [0, 0.1) is 6.92 Å². The van der Waals surface area contributed by atoms with Gasteiger partial charge in [-0.15, -0.1) is 0 Å². The Labute approximate surface area is 241 Å². The molecule has 7 aromatic rings. The first-order chi connectivity index (χ1) is 20.0. The van der Waals surface area contributed by atoms with E-state index in [0.717, 1.165) is 0 Å². The van der Waals surface area contributed by atoms with Crippen LogP contribution in [-0.2, 0) is 5.41 Å². The van der Waals surface area contributed by atoms with E-state index in [2.05, 4.69) is 159 Å². The highest BCUT2D eigenvalue weighted by Gasteiger charge is 2.35. The fourth-order valence-electron chi connectivity index (χ4n) is 6.98. The van der Waals surface area contributed by atoms with Crippen molar-refractivity contribution in [2.45, 2.75) is 26.2 Å². The third kappa shape index (κ3) is 3.62. The summed E-state index contributed by atoms with van der Waals surface area (Å²) in [5, 5.41) is 2.56. The Morgan fingerprint density at radius 2 is 1.12 bits per heavy atom. The number of benzene rings is 6. The van der Waals surface area contributed by atoms with Gasteiger partial charge < -0.3 is 4.57 Å². The molecule has 1 nitrogen and oxygen atoms in total. The van der Waals surface area contributed by atoms with Crippen molar-refractivity contribution in [1.29, 1.82) is 0 Å². The standard InChI is InChI=1S/C40H31N/c1-26-10-8-11-27(22-26)28-12-9-13-29(23-28)30-18-21-39-35(24-30)33-15-5-7-17-38(33)41(39)31-19-20-37-34(25-31)32-14-4-6-16-36(32)40(37,2)3/h4-25H,1-3H3. The monoisotopic (exact) mass is 525 g/mol. The van der Waals surface area contributed by atoms with Crippen LogP contribution in [0.15, 0.2) is 133 Å². The van der Waals surface area contributed by atoms with Gasteiger partial charge in [-0.2, -0.15) is 0 Å². The minimum atomic E-state index is 0.00711. The van der Waals surface area contributed by atoms with Crippen LogP contribution in [0.5, 0.6) is 0 Å². The lowest BCUT2D eigenvalue weighted by Gasteiger charge is -2.21. The van der Waals surface area contributed by atoms with Gasteiger partial charge in [0.25, 0.3) is 0 Å². The second-order valence-electron chi connectivity index (χ2n) is 11.9. The van der Waals surface area contributed by atoms with Gasteiger partial charge in [-0.1, -0.05) is 116 Å². The summed E-state index contributed by atoms with van der Waals surface area (Å²) in [5.74, 6) is 0. The molecule has 41 heavy (non-hydrogen) atoms. The van der Waals surface area contributed by atoms with Gasteiger partial charge >= 0.3 is 0 Å². The topological polar surface area (TPSA) is 4.93 Å². The van der Waals surface area contributed by atoms with E-state index in [9.17, 15) is 0 Å². The summed E-state index contributed by atoms with van der Waals surface area (Å²) in [6.07, 6.45) is 0. The second-order valence-corrected chi connectivity index (χ2v) is 11.9. The van der Waals surface area contributed by atoms with Crippen molar-refractivity contribution in [2.75, 3.05) is 0 Å². The Bertz CT molecular complexity index is 2140. The van der Waals surface area contributed by atoms with Crippen LogP contribution in [0.25, 0.3) is 60.9 Å². The molecular weight excluding hydrogens is 494 g/mol. The van der Waals surface area contributed by atoms with Crippen molar-refractivity contribution < 1.29 is 0 Å². The molecule has 0 atom stereocenters. The number of fused-ring (bicyclic) bond motifs is 6. The van der Waals surface area contributed by atoms with Gasteiger partial charge in [0, 0.05) is 21.9 Å². The van der Waals surface area contributed by atoms with Crippen LogP contribution in [0.4, 0.5) is 0 Å². The van der Waals surface area contributed by atoms with E-state index in [1.54, 1.807) is 0 Å². The number of hydrogen-bond acceptors (Lipinski definition) is 0. The zero-order valence-electron chi connectivity index (χ0n) is 23.6.